The van der Waals surface area contributed by atoms with Crippen molar-refractivity contribution in [2.45, 2.75) is 11.8 Å². The number of anilines is 1. The normalized spacial score (nSPS) is 29.7. The highest BCUT2D eigenvalue weighted by Crippen LogP contribution is 2.39. The van der Waals surface area contributed by atoms with E-state index in [9.17, 15) is 14.7 Å². The minimum atomic E-state index is -0.479. The molecular formula is C14H12ClNO3. The molecule has 1 aliphatic carbocycles. The lowest BCUT2D eigenvalue weighted by molar-refractivity contribution is -0.122. The van der Waals surface area contributed by atoms with Gasteiger partial charge < -0.3 is 5.11 Å². The first-order valence-electron chi connectivity index (χ1n) is 6.07. The van der Waals surface area contributed by atoms with Gasteiger partial charge in [0.1, 0.15) is 5.75 Å². The van der Waals surface area contributed by atoms with Gasteiger partial charge in [0.15, 0.2) is 0 Å². The molecule has 3 rings (SSSR count). The molecule has 3 atom stereocenters. The van der Waals surface area contributed by atoms with Gasteiger partial charge in [0.25, 0.3) is 0 Å². The van der Waals surface area contributed by atoms with Gasteiger partial charge in [0.2, 0.25) is 11.8 Å². The second kappa shape index (κ2) is 4.38. The highest BCUT2D eigenvalue weighted by atomic mass is 35.5. The molecule has 1 fully saturated rings. The molecule has 1 aromatic carbocycles. The van der Waals surface area contributed by atoms with E-state index in [1.807, 2.05) is 6.08 Å². The van der Waals surface area contributed by atoms with E-state index in [0.717, 1.165) is 0 Å². The van der Waals surface area contributed by atoms with E-state index in [1.54, 1.807) is 18.2 Å². The van der Waals surface area contributed by atoms with Gasteiger partial charge in [0, 0.05) is 0 Å². The summed E-state index contributed by atoms with van der Waals surface area (Å²) in [6.07, 6.45) is 4.17. The number of carbonyl (C=O) groups excluding carboxylic acids is 2. The van der Waals surface area contributed by atoms with Crippen LogP contribution in [0.3, 0.4) is 0 Å². The zero-order chi connectivity index (χ0) is 13.6. The Balaban J connectivity index is 1.98. The van der Waals surface area contributed by atoms with E-state index in [0.29, 0.717) is 12.1 Å². The number of halogens is 1. The highest BCUT2D eigenvalue weighted by molar-refractivity contribution is 6.29. The molecule has 2 amide bonds. The molecule has 5 heteroatoms. The average Bonchev–Trinajstić information content (AvgIpc) is 2.65. The molecule has 19 heavy (non-hydrogen) atoms. The molecule has 4 nitrogen and oxygen atoms in total. The number of rotatable bonds is 1. The Bertz CT molecular complexity index is 567. The molecule has 0 aromatic heterocycles. The number of imide groups is 1. The Hall–Kier alpha value is -1.81. The molecule has 0 unspecified atom stereocenters. The van der Waals surface area contributed by atoms with Crippen LogP contribution in [0.2, 0.25) is 0 Å². The van der Waals surface area contributed by atoms with Gasteiger partial charge in [-0.05, 0) is 30.7 Å². The van der Waals surface area contributed by atoms with Crippen LogP contribution >= 0.6 is 11.6 Å². The number of carbonyl (C=O) groups is 2. The van der Waals surface area contributed by atoms with Crippen LogP contribution in [-0.2, 0) is 9.59 Å². The van der Waals surface area contributed by atoms with Gasteiger partial charge in [0.05, 0.1) is 22.9 Å². The lowest BCUT2D eigenvalue weighted by atomic mass is 9.85. The average molecular weight is 278 g/mol. The van der Waals surface area contributed by atoms with Crippen LogP contribution in [0.15, 0.2) is 36.4 Å². The monoisotopic (exact) mass is 277 g/mol. The Morgan fingerprint density at radius 2 is 1.84 bits per heavy atom. The highest BCUT2D eigenvalue weighted by Gasteiger charge is 2.51. The van der Waals surface area contributed by atoms with Gasteiger partial charge in [-0.2, -0.15) is 0 Å². The van der Waals surface area contributed by atoms with Crippen molar-refractivity contribution >= 4 is 29.1 Å². The number of phenolic OH excluding ortho intramolecular Hbond substituents is 1. The van der Waals surface area contributed by atoms with Gasteiger partial charge in [-0.3, -0.25) is 9.59 Å². The number of aromatic hydroxyl groups is 1. The summed E-state index contributed by atoms with van der Waals surface area (Å²) in [7, 11) is 0. The molecule has 1 N–H and O–H groups in total. The molecule has 2 aliphatic rings. The second-order valence-electron chi connectivity index (χ2n) is 4.77. The summed E-state index contributed by atoms with van der Waals surface area (Å²) in [5, 5.41) is 8.83. The number of allylic oxidation sites excluding steroid dienone is 2. The Kier molecular flexibility index (Phi) is 2.82. The standard InChI is InChI=1S/C14H12ClNO3/c15-11-3-1-2-10-12(11)14(19)16(13(10)18)8-4-6-9(17)7-5-8/h1,3-7,10-12,17H,2H2/t10-,11-,12+/m0/s1. The number of hydrogen-bond acceptors (Lipinski definition) is 3. The third-order valence-corrected chi connectivity index (χ3v) is 4.05. The largest absolute Gasteiger partial charge is 0.508 e. The first-order valence-corrected chi connectivity index (χ1v) is 6.51. The maximum Gasteiger partial charge on any atom is 0.239 e. The van der Waals surface area contributed by atoms with E-state index < -0.39 is 11.3 Å². The number of benzene rings is 1. The van der Waals surface area contributed by atoms with Crippen molar-refractivity contribution in [1.29, 1.82) is 0 Å². The van der Waals surface area contributed by atoms with Crippen molar-refractivity contribution in [2.24, 2.45) is 11.8 Å². The molecule has 0 spiro atoms. The fourth-order valence-electron chi connectivity index (χ4n) is 2.69. The quantitative estimate of drug-likeness (QED) is 0.486. The maximum absolute atomic E-state index is 12.4. The van der Waals surface area contributed by atoms with Gasteiger partial charge in [-0.1, -0.05) is 12.2 Å². The number of alkyl halides is 1. The third kappa shape index (κ3) is 1.83. The predicted octanol–water partition coefficient (Wildman–Crippen LogP) is 2.07. The van der Waals surface area contributed by atoms with Gasteiger partial charge in [-0.15, -0.1) is 11.6 Å². The topological polar surface area (TPSA) is 57.6 Å². The number of phenols is 1. The SMILES string of the molecule is O=C1[C@@H]2[C@H](CC=C[C@@H]2Cl)C(=O)N1c1ccc(O)cc1. The maximum atomic E-state index is 12.4. The molecule has 1 saturated heterocycles. The van der Waals surface area contributed by atoms with Crippen molar-refractivity contribution in [3.63, 3.8) is 0 Å². The van der Waals surface area contributed by atoms with Crippen molar-refractivity contribution in [2.75, 3.05) is 4.90 Å². The van der Waals surface area contributed by atoms with Crippen LogP contribution in [0.5, 0.6) is 5.75 Å². The number of nitrogens with zero attached hydrogens (tertiary/aromatic N) is 1. The van der Waals surface area contributed by atoms with E-state index in [-0.39, 0.29) is 23.5 Å². The summed E-state index contributed by atoms with van der Waals surface area (Å²) in [5.41, 5.74) is 0.478. The molecule has 0 radical (unpaired) electrons. The molecule has 0 bridgehead atoms. The van der Waals surface area contributed by atoms with Crippen molar-refractivity contribution < 1.29 is 14.7 Å². The summed E-state index contributed by atoms with van der Waals surface area (Å²) < 4.78 is 0. The first kappa shape index (κ1) is 12.2. The van der Waals surface area contributed by atoms with Gasteiger partial charge in [-0.25, -0.2) is 4.90 Å². The number of fused-ring (bicyclic) bond motifs is 1. The Labute approximate surface area is 115 Å². The summed E-state index contributed by atoms with van der Waals surface area (Å²) in [6, 6.07) is 6.01. The third-order valence-electron chi connectivity index (χ3n) is 3.64. The zero-order valence-electron chi connectivity index (χ0n) is 9.99. The lowest BCUT2D eigenvalue weighted by Crippen LogP contribution is -2.32. The summed E-state index contributed by atoms with van der Waals surface area (Å²) >= 11 is 6.13. The smallest absolute Gasteiger partial charge is 0.239 e. The summed E-state index contributed by atoms with van der Waals surface area (Å²) in [5.74, 6) is -1.22. The fourth-order valence-corrected chi connectivity index (χ4v) is 3.07. The molecule has 1 aromatic rings. The minimum absolute atomic E-state index is 0.0946. The lowest BCUT2D eigenvalue weighted by Gasteiger charge is -2.20. The molecule has 1 heterocycles. The van der Waals surface area contributed by atoms with Crippen LogP contribution in [-0.4, -0.2) is 22.3 Å². The minimum Gasteiger partial charge on any atom is -0.508 e. The van der Waals surface area contributed by atoms with Crippen molar-refractivity contribution in [3.05, 3.63) is 36.4 Å². The van der Waals surface area contributed by atoms with Crippen LogP contribution < -0.4 is 4.90 Å². The van der Waals surface area contributed by atoms with Crippen LogP contribution in [0.4, 0.5) is 5.69 Å². The number of amides is 2. The summed E-state index contributed by atoms with van der Waals surface area (Å²) in [4.78, 5) is 25.9. The molecule has 98 valence electrons. The Morgan fingerprint density at radius 1 is 1.16 bits per heavy atom. The molecule has 0 saturated carbocycles. The zero-order valence-corrected chi connectivity index (χ0v) is 10.7. The summed E-state index contributed by atoms with van der Waals surface area (Å²) in [6.45, 7) is 0. The van der Waals surface area contributed by atoms with E-state index >= 15 is 0 Å². The number of hydrogen-bond donors (Lipinski definition) is 1. The van der Waals surface area contributed by atoms with Crippen molar-refractivity contribution in [1.82, 2.24) is 0 Å². The van der Waals surface area contributed by atoms with Crippen LogP contribution in [0, 0.1) is 11.8 Å². The Morgan fingerprint density at radius 3 is 2.47 bits per heavy atom. The molecule has 1 aliphatic heterocycles. The van der Waals surface area contributed by atoms with Gasteiger partial charge >= 0.3 is 0 Å². The van der Waals surface area contributed by atoms with Crippen LogP contribution in [0.25, 0.3) is 0 Å². The predicted molar refractivity (Wildman–Crippen MR) is 71.0 cm³/mol. The van der Waals surface area contributed by atoms with Crippen molar-refractivity contribution in [3.8, 4) is 5.75 Å². The van der Waals surface area contributed by atoms with E-state index in [4.69, 9.17) is 11.6 Å². The van der Waals surface area contributed by atoms with Crippen LogP contribution in [0.1, 0.15) is 6.42 Å². The second-order valence-corrected chi connectivity index (χ2v) is 5.27. The van der Waals surface area contributed by atoms with E-state index in [2.05, 4.69) is 0 Å². The molecular weight excluding hydrogens is 266 g/mol. The first-order chi connectivity index (χ1) is 9.09. The fraction of sp³-hybridized carbons (Fsp3) is 0.286. The van der Waals surface area contributed by atoms with E-state index in [1.165, 1.54) is 17.0 Å².